The van der Waals surface area contributed by atoms with Crippen molar-refractivity contribution in [3.05, 3.63) is 71.0 Å². The van der Waals surface area contributed by atoms with E-state index in [-0.39, 0.29) is 19.7 Å². The Morgan fingerprint density at radius 3 is 2.28 bits per heavy atom. The topological polar surface area (TPSA) is 67.4 Å². The van der Waals surface area contributed by atoms with Gasteiger partial charge in [-0.2, -0.15) is 0 Å². The minimum atomic E-state index is -1.71. The predicted octanol–water partition coefficient (Wildman–Crippen LogP) is 2.76. The Bertz CT molecular complexity index is 754. The molecule has 0 aliphatic rings. The molecule has 8 heteroatoms. The molecule has 2 aromatic rings. The Labute approximate surface area is 141 Å². The highest BCUT2D eigenvalue weighted by atomic mass is 19.2. The zero-order valence-electron chi connectivity index (χ0n) is 13.0. The normalized spacial score (nSPS) is 10.2. The molecule has 25 heavy (non-hydrogen) atoms. The summed E-state index contributed by atoms with van der Waals surface area (Å²) in [5.41, 5.74) is 0.199. The third kappa shape index (κ3) is 5.23. The lowest BCUT2D eigenvalue weighted by Crippen LogP contribution is -2.35. The van der Waals surface area contributed by atoms with Gasteiger partial charge in [-0.3, -0.25) is 4.79 Å². The van der Waals surface area contributed by atoms with Crippen molar-refractivity contribution >= 4 is 12.0 Å². The van der Waals surface area contributed by atoms with E-state index < -0.39 is 35.0 Å². The van der Waals surface area contributed by atoms with Crippen LogP contribution in [0.25, 0.3) is 0 Å². The van der Waals surface area contributed by atoms with E-state index in [2.05, 4.69) is 10.6 Å². The first-order valence-corrected chi connectivity index (χ1v) is 7.35. The van der Waals surface area contributed by atoms with Gasteiger partial charge < -0.3 is 15.4 Å². The second-order valence-corrected chi connectivity index (χ2v) is 4.97. The molecule has 2 rings (SSSR count). The zero-order chi connectivity index (χ0) is 18.2. The maximum absolute atomic E-state index is 13.4. The summed E-state index contributed by atoms with van der Waals surface area (Å²) in [6, 6.07) is 10.5. The highest BCUT2D eigenvalue weighted by Crippen LogP contribution is 2.14. The summed E-state index contributed by atoms with van der Waals surface area (Å²) in [6.45, 7) is 0.0709. The Morgan fingerprint density at radius 2 is 1.56 bits per heavy atom. The molecule has 0 bridgehead atoms. The van der Waals surface area contributed by atoms with Crippen LogP contribution in [0.2, 0.25) is 0 Å². The van der Waals surface area contributed by atoms with E-state index in [4.69, 9.17) is 4.74 Å². The number of benzene rings is 2. The maximum atomic E-state index is 13.4. The summed E-state index contributed by atoms with van der Waals surface area (Å²) >= 11 is 0. The number of halogens is 3. The van der Waals surface area contributed by atoms with Crippen LogP contribution in [0.15, 0.2) is 42.5 Å². The van der Waals surface area contributed by atoms with Crippen molar-refractivity contribution in [2.24, 2.45) is 0 Å². The summed E-state index contributed by atoms with van der Waals surface area (Å²) in [5.74, 6) is -5.57. The molecule has 0 aromatic heterocycles. The number of alkyl carbamates (subject to hydrolysis) is 1. The van der Waals surface area contributed by atoms with Gasteiger partial charge >= 0.3 is 6.09 Å². The molecule has 0 heterocycles. The van der Waals surface area contributed by atoms with Crippen molar-refractivity contribution in [2.75, 3.05) is 13.1 Å². The molecule has 0 saturated heterocycles. The number of rotatable bonds is 6. The van der Waals surface area contributed by atoms with Gasteiger partial charge in [-0.15, -0.1) is 0 Å². The van der Waals surface area contributed by atoms with Crippen LogP contribution in [-0.4, -0.2) is 25.1 Å². The first kappa shape index (κ1) is 18.3. The van der Waals surface area contributed by atoms with E-state index in [0.717, 1.165) is 11.6 Å². The summed E-state index contributed by atoms with van der Waals surface area (Å²) in [7, 11) is 0. The van der Waals surface area contributed by atoms with Gasteiger partial charge in [0.1, 0.15) is 6.61 Å². The third-order valence-electron chi connectivity index (χ3n) is 3.17. The number of amides is 2. The van der Waals surface area contributed by atoms with Crippen molar-refractivity contribution in [1.29, 1.82) is 0 Å². The average Bonchev–Trinajstić information content (AvgIpc) is 2.62. The fourth-order valence-corrected chi connectivity index (χ4v) is 1.91. The number of carbonyl (C=O) groups is 2. The first-order chi connectivity index (χ1) is 12.0. The number of hydrogen-bond acceptors (Lipinski definition) is 3. The lowest BCUT2D eigenvalue weighted by atomic mass is 10.2. The van der Waals surface area contributed by atoms with Crippen molar-refractivity contribution in [3.8, 4) is 0 Å². The van der Waals surface area contributed by atoms with Crippen LogP contribution < -0.4 is 10.6 Å². The highest BCUT2D eigenvalue weighted by Gasteiger charge is 2.18. The van der Waals surface area contributed by atoms with E-state index in [1.54, 1.807) is 12.1 Å². The largest absolute Gasteiger partial charge is 0.445 e. The Kier molecular flexibility index (Phi) is 6.39. The number of ether oxygens (including phenoxy) is 1. The molecule has 0 aliphatic carbocycles. The molecule has 0 atom stereocenters. The molecule has 132 valence electrons. The van der Waals surface area contributed by atoms with Gasteiger partial charge in [0.25, 0.3) is 5.91 Å². The molecule has 0 unspecified atom stereocenters. The van der Waals surface area contributed by atoms with E-state index in [1.807, 2.05) is 18.2 Å². The SMILES string of the molecule is O=C(NCCNC(=O)c1ccc(F)c(F)c1F)OCc1ccccc1. The third-order valence-corrected chi connectivity index (χ3v) is 3.17. The molecule has 0 spiro atoms. The van der Waals surface area contributed by atoms with Gasteiger partial charge in [0.2, 0.25) is 0 Å². The molecule has 5 nitrogen and oxygen atoms in total. The summed E-state index contributed by atoms with van der Waals surface area (Å²) in [6.07, 6.45) is -0.683. The second-order valence-electron chi connectivity index (χ2n) is 4.97. The van der Waals surface area contributed by atoms with Crippen LogP contribution in [0.3, 0.4) is 0 Å². The quantitative estimate of drug-likeness (QED) is 0.621. The minimum Gasteiger partial charge on any atom is -0.445 e. The van der Waals surface area contributed by atoms with Crippen LogP contribution in [0.1, 0.15) is 15.9 Å². The van der Waals surface area contributed by atoms with Gasteiger partial charge in [0.15, 0.2) is 17.5 Å². The minimum absolute atomic E-state index is 0.0185. The molecular weight excluding hydrogens is 337 g/mol. The Balaban J connectivity index is 1.71. The smallest absolute Gasteiger partial charge is 0.407 e. The Hall–Kier alpha value is -3.03. The van der Waals surface area contributed by atoms with Crippen molar-refractivity contribution < 1.29 is 27.5 Å². The standard InChI is InChI=1S/C17H15F3N2O3/c18-13-7-6-12(14(19)15(13)20)16(23)21-8-9-22-17(24)25-10-11-4-2-1-3-5-11/h1-7H,8-10H2,(H,21,23)(H,22,24). The Morgan fingerprint density at radius 1 is 0.880 bits per heavy atom. The molecular formula is C17H15F3N2O3. The molecule has 0 radical (unpaired) electrons. The fourth-order valence-electron chi connectivity index (χ4n) is 1.91. The van der Waals surface area contributed by atoms with Crippen molar-refractivity contribution in [3.63, 3.8) is 0 Å². The molecule has 0 saturated carbocycles. The molecule has 0 fully saturated rings. The number of hydrogen-bond donors (Lipinski definition) is 2. The van der Waals surface area contributed by atoms with Gasteiger partial charge in [0.05, 0.1) is 5.56 Å². The molecule has 2 N–H and O–H groups in total. The van der Waals surface area contributed by atoms with Gasteiger partial charge in [-0.1, -0.05) is 30.3 Å². The zero-order valence-corrected chi connectivity index (χ0v) is 13.0. The fraction of sp³-hybridized carbons (Fsp3) is 0.176. The highest BCUT2D eigenvalue weighted by molar-refractivity contribution is 5.94. The van der Waals surface area contributed by atoms with Crippen LogP contribution >= 0.6 is 0 Å². The van der Waals surface area contributed by atoms with E-state index in [1.165, 1.54) is 0 Å². The van der Waals surface area contributed by atoms with Crippen LogP contribution in [0, 0.1) is 17.5 Å². The first-order valence-electron chi connectivity index (χ1n) is 7.35. The molecule has 0 aliphatic heterocycles. The summed E-state index contributed by atoms with van der Waals surface area (Å²) in [4.78, 5) is 23.2. The number of nitrogens with one attached hydrogen (secondary N) is 2. The lowest BCUT2D eigenvalue weighted by molar-refractivity contribution is 0.0946. The monoisotopic (exact) mass is 352 g/mol. The summed E-state index contributed by atoms with van der Waals surface area (Å²) < 4.78 is 44.3. The molecule has 2 amide bonds. The lowest BCUT2D eigenvalue weighted by Gasteiger charge is -2.09. The summed E-state index contributed by atoms with van der Waals surface area (Å²) in [5, 5.41) is 4.67. The van der Waals surface area contributed by atoms with E-state index >= 15 is 0 Å². The van der Waals surface area contributed by atoms with Gasteiger partial charge in [0, 0.05) is 13.1 Å². The van der Waals surface area contributed by atoms with Crippen molar-refractivity contribution in [2.45, 2.75) is 6.61 Å². The second kappa shape index (κ2) is 8.72. The predicted molar refractivity (Wildman–Crippen MR) is 83.3 cm³/mol. The van der Waals surface area contributed by atoms with Crippen molar-refractivity contribution in [1.82, 2.24) is 10.6 Å². The van der Waals surface area contributed by atoms with Crippen LogP contribution in [0.5, 0.6) is 0 Å². The maximum Gasteiger partial charge on any atom is 0.407 e. The van der Waals surface area contributed by atoms with Crippen LogP contribution in [0.4, 0.5) is 18.0 Å². The number of carbonyl (C=O) groups excluding carboxylic acids is 2. The van der Waals surface area contributed by atoms with Gasteiger partial charge in [-0.25, -0.2) is 18.0 Å². The van der Waals surface area contributed by atoms with Crippen LogP contribution in [-0.2, 0) is 11.3 Å². The molecule has 2 aromatic carbocycles. The van der Waals surface area contributed by atoms with E-state index in [0.29, 0.717) is 6.07 Å². The van der Waals surface area contributed by atoms with Gasteiger partial charge in [-0.05, 0) is 17.7 Å². The van der Waals surface area contributed by atoms with E-state index in [9.17, 15) is 22.8 Å². The average molecular weight is 352 g/mol.